The van der Waals surface area contributed by atoms with E-state index >= 15 is 0 Å². The van der Waals surface area contributed by atoms with Gasteiger partial charge < -0.3 is 10.3 Å². The summed E-state index contributed by atoms with van der Waals surface area (Å²) in [5.74, 6) is 0. The molecule has 0 atom stereocenters. The van der Waals surface area contributed by atoms with Crippen molar-refractivity contribution in [3.63, 3.8) is 0 Å². The average Bonchev–Trinajstić information content (AvgIpc) is 2.61. The van der Waals surface area contributed by atoms with Crippen molar-refractivity contribution in [2.75, 3.05) is 0 Å². The number of imidazole rings is 1. The second kappa shape index (κ2) is 2.90. The van der Waals surface area contributed by atoms with Crippen molar-refractivity contribution in [1.82, 2.24) is 9.55 Å². The molecule has 0 aliphatic heterocycles. The second-order valence-electron chi connectivity index (χ2n) is 3.77. The molecule has 2 rings (SSSR count). The van der Waals surface area contributed by atoms with Gasteiger partial charge in [0.1, 0.15) is 0 Å². The summed E-state index contributed by atoms with van der Waals surface area (Å²) >= 11 is 0. The Balaban J connectivity index is 1.69. The maximum absolute atomic E-state index is 5.96. The summed E-state index contributed by atoms with van der Waals surface area (Å²) in [6, 6.07) is 0. The third-order valence-corrected chi connectivity index (χ3v) is 2.54. The molecular weight excluding hydrogens is 150 g/mol. The molecule has 1 aliphatic rings. The predicted molar refractivity (Wildman–Crippen MR) is 47.6 cm³/mol. The van der Waals surface area contributed by atoms with E-state index in [9.17, 15) is 0 Å². The van der Waals surface area contributed by atoms with Crippen molar-refractivity contribution < 1.29 is 0 Å². The molecule has 1 saturated carbocycles. The van der Waals surface area contributed by atoms with E-state index in [0.717, 1.165) is 13.0 Å². The van der Waals surface area contributed by atoms with Crippen molar-refractivity contribution in [1.29, 1.82) is 0 Å². The summed E-state index contributed by atoms with van der Waals surface area (Å²) in [6.07, 6.45) is 10.4. The largest absolute Gasteiger partial charge is 0.337 e. The molecule has 0 spiro atoms. The minimum atomic E-state index is 0.209. The van der Waals surface area contributed by atoms with Crippen molar-refractivity contribution in [2.45, 2.75) is 37.8 Å². The number of rotatable bonds is 4. The first-order valence-corrected chi connectivity index (χ1v) is 4.53. The summed E-state index contributed by atoms with van der Waals surface area (Å²) in [6.45, 7) is 1.05. The van der Waals surface area contributed by atoms with Crippen LogP contribution in [0.4, 0.5) is 0 Å². The summed E-state index contributed by atoms with van der Waals surface area (Å²) in [4.78, 5) is 3.98. The van der Waals surface area contributed by atoms with Crippen molar-refractivity contribution in [3.8, 4) is 0 Å². The molecule has 0 unspecified atom stereocenters. The van der Waals surface area contributed by atoms with Gasteiger partial charge in [0.25, 0.3) is 0 Å². The molecular formula is C9H15N3. The second-order valence-corrected chi connectivity index (χ2v) is 3.77. The van der Waals surface area contributed by atoms with E-state index in [0.29, 0.717) is 0 Å². The number of hydrogen-bond donors (Lipinski definition) is 1. The number of aromatic nitrogens is 2. The van der Waals surface area contributed by atoms with Crippen LogP contribution in [0.5, 0.6) is 0 Å². The van der Waals surface area contributed by atoms with Crippen LogP contribution in [-0.4, -0.2) is 15.1 Å². The van der Waals surface area contributed by atoms with Gasteiger partial charge in [-0.15, -0.1) is 0 Å². The molecule has 3 heteroatoms. The molecule has 0 saturated heterocycles. The highest BCUT2D eigenvalue weighted by Gasteiger charge is 2.36. The highest BCUT2D eigenvalue weighted by molar-refractivity contribution is 4.98. The lowest BCUT2D eigenvalue weighted by Gasteiger charge is -2.07. The van der Waals surface area contributed by atoms with Gasteiger partial charge in [-0.3, -0.25) is 0 Å². The quantitative estimate of drug-likeness (QED) is 0.727. The Labute approximate surface area is 72.6 Å². The van der Waals surface area contributed by atoms with E-state index in [1.165, 1.54) is 19.3 Å². The number of nitrogens with zero attached hydrogens (tertiary/aromatic N) is 2. The van der Waals surface area contributed by atoms with Crippen LogP contribution in [-0.2, 0) is 6.54 Å². The molecule has 12 heavy (non-hydrogen) atoms. The Morgan fingerprint density at radius 1 is 1.50 bits per heavy atom. The maximum atomic E-state index is 5.96. The molecule has 0 radical (unpaired) electrons. The van der Waals surface area contributed by atoms with Crippen molar-refractivity contribution in [2.24, 2.45) is 5.73 Å². The number of aryl methyl sites for hydroxylation is 1. The number of nitrogens with two attached hydrogens (primary N) is 1. The van der Waals surface area contributed by atoms with Gasteiger partial charge in [0.2, 0.25) is 0 Å². The molecule has 0 bridgehead atoms. The maximum Gasteiger partial charge on any atom is 0.0945 e. The summed E-state index contributed by atoms with van der Waals surface area (Å²) in [7, 11) is 0. The molecule has 3 nitrogen and oxygen atoms in total. The highest BCUT2D eigenvalue weighted by atomic mass is 15.0. The van der Waals surface area contributed by atoms with Crippen LogP contribution in [0.15, 0.2) is 18.7 Å². The van der Waals surface area contributed by atoms with Gasteiger partial charge in [-0.2, -0.15) is 0 Å². The van der Waals surface area contributed by atoms with Gasteiger partial charge >= 0.3 is 0 Å². The van der Waals surface area contributed by atoms with Crippen LogP contribution in [0.1, 0.15) is 25.7 Å². The Hall–Kier alpha value is -0.830. The zero-order valence-corrected chi connectivity index (χ0v) is 7.24. The molecule has 1 fully saturated rings. The standard InChI is InChI=1S/C9H15N3/c10-9(3-4-9)2-1-6-12-7-5-11-8-12/h5,7-8H,1-4,6,10H2. The van der Waals surface area contributed by atoms with E-state index < -0.39 is 0 Å². The Kier molecular flexibility index (Phi) is 1.89. The van der Waals surface area contributed by atoms with Gasteiger partial charge in [0.15, 0.2) is 0 Å². The molecule has 1 aliphatic carbocycles. The third-order valence-electron chi connectivity index (χ3n) is 2.54. The van der Waals surface area contributed by atoms with E-state index in [-0.39, 0.29) is 5.54 Å². The van der Waals surface area contributed by atoms with Gasteiger partial charge in [0.05, 0.1) is 6.33 Å². The lowest BCUT2D eigenvalue weighted by atomic mass is 10.1. The van der Waals surface area contributed by atoms with E-state index in [2.05, 4.69) is 9.55 Å². The third kappa shape index (κ3) is 1.85. The summed E-state index contributed by atoms with van der Waals surface area (Å²) in [5, 5.41) is 0. The SMILES string of the molecule is NC1(CCCn2ccnc2)CC1. The van der Waals surface area contributed by atoms with E-state index in [1.807, 2.05) is 18.7 Å². The van der Waals surface area contributed by atoms with Gasteiger partial charge in [-0.25, -0.2) is 4.98 Å². The first-order chi connectivity index (χ1) is 5.79. The molecule has 1 aromatic heterocycles. The Bertz CT molecular complexity index is 236. The van der Waals surface area contributed by atoms with E-state index in [4.69, 9.17) is 5.73 Å². The fourth-order valence-corrected chi connectivity index (χ4v) is 1.44. The highest BCUT2D eigenvalue weighted by Crippen LogP contribution is 2.36. The fourth-order valence-electron chi connectivity index (χ4n) is 1.44. The Morgan fingerprint density at radius 3 is 2.92 bits per heavy atom. The molecule has 2 N–H and O–H groups in total. The minimum Gasteiger partial charge on any atom is -0.337 e. The summed E-state index contributed by atoms with van der Waals surface area (Å²) < 4.78 is 2.10. The zero-order chi connectivity index (χ0) is 8.44. The molecule has 0 aromatic carbocycles. The van der Waals surface area contributed by atoms with Crippen LogP contribution in [0.2, 0.25) is 0 Å². The van der Waals surface area contributed by atoms with Crippen LogP contribution < -0.4 is 5.73 Å². The van der Waals surface area contributed by atoms with Gasteiger partial charge in [-0.1, -0.05) is 0 Å². The fraction of sp³-hybridized carbons (Fsp3) is 0.667. The molecule has 1 heterocycles. The lowest BCUT2D eigenvalue weighted by molar-refractivity contribution is 0.526. The van der Waals surface area contributed by atoms with Crippen LogP contribution in [0, 0.1) is 0 Å². The van der Waals surface area contributed by atoms with Gasteiger partial charge in [-0.05, 0) is 25.7 Å². The summed E-state index contributed by atoms with van der Waals surface area (Å²) in [5.41, 5.74) is 6.17. The minimum absolute atomic E-state index is 0.209. The molecule has 66 valence electrons. The average molecular weight is 165 g/mol. The predicted octanol–water partition coefficient (Wildman–Crippen LogP) is 1.15. The normalized spacial score (nSPS) is 19.4. The van der Waals surface area contributed by atoms with Gasteiger partial charge in [0, 0.05) is 24.5 Å². The van der Waals surface area contributed by atoms with E-state index in [1.54, 1.807) is 0 Å². The topological polar surface area (TPSA) is 43.8 Å². The van der Waals surface area contributed by atoms with Crippen LogP contribution in [0.3, 0.4) is 0 Å². The van der Waals surface area contributed by atoms with Crippen LogP contribution >= 0.6 is 0 Å². The Morgan fingerprint density at radius 2 is 2.33 bits per heavy atom. The van der Waals surface area contributed by atoms with Crippen LogP contribution in [0.25, 0.3) is 0 Å². The lowest BCUT2D eigenvalue weighted by Crippen LogP contribution is -2.21. The smallest absolute Gasteiger partial charge is 0.0945 e. The number of hydrogen-bond acceptors (Lipinski definition) is 2. The molecule has 0 amide bonds. The van der Waals surface area contributed by atoms with Crippen molar-refractivity contribution >= 4 is 0 Å². The first-order valence-electron chi connectivity index (χ1n) is 4.53. The monoisotopic (exact) mass is 165 g/mol. The zero-order valence-electron chi connectivity index (χ0n) is 7.24. The van der Waals surface area contributed by atoms with Crippen molar-refractivity contribution in [3.05, 3.63) is 18.7 Å². The molecule has 1 aromatic rings. The first kappa shape index (κ1) is 7.80.